The number of nitrogens with zero attached hydrogens (tertiary/aromatic N) is 2. The van der Waals surface area contributed by atoms with Gasteiger partial charge in [0.1, 0.15) is 18.8 Å². The molecule has 0 unspecified atom stereocenters. The second-order valence-corrected chi connectivity index (χ2v) is 4.27. The summed E-state index contributed by atoms with van der Waals surface area (Å²) in [5.41, 5.74) is 1.88. The van der Waals surface area contributed by atoms with Crippen molar-refractivity contribution in [1.29, 1.82) is 0 Å². The minimum absolute atomic E-state index is 0.0429. The summed E-state index contributed by atoms with van der Waals surface area (Å²) in [6.07, 6.45) is 0. The van der Waals surface area contributed by atoms with Crippen molar-refractivity contribution in [2.24, 2.45) is 5.84 Å². The molecule has 1 fully saturated rings. The molecular formula is C11H11N5O5. The van der Waals surface area contributed by atoms with Crippen molar-refractivity contribution in [2.45, 2.75) is 0 Å². The van der Waals surface area contributed by atoms with Crippen molar-refractivity contribution in [2.75, 3.05) is 18.5 Å². The van der Waals surface area contributed by atoms with E-state index in [1.54, 1.807) is 0 Å². The Bertz CT molecular complexity index is 628. The summed E-state index contributed by atoms with van der Waals surface area (Å²) in [6.45, 7) is -0.514. The Balaban J connectivity index is 2.29. The van der Waals surface area contributed by atoms with Crippen molar-refractivity contribution < 1.29 is 19.3 Å². The lowest BCUT2D eigenvalue weighted by atomic mass is 10.1. The average molecular weight is 293 g/mol. The molecule has 1 aliphatic heterocycles. The molecule has 10 heteroatoms. The van der Waals surface area contributed by atoms with Crippen LogP contribution in [0.2, 0.25) is 0 Å². The number of nitro benzene ring substituents is 1. The number of nitrogen functional groups attached to an aromatic ring is 1. The lowest BCUT2D eigenvalue weighted by Crippen LogP contribution is -2.53. The van der Waals surface area contributed by atoms with E-state index in [4.69, 9.17) is 5.84 Å². The third-order valence-electron chi connectivity index (χ3n) is 2.83. The number of hydrogen-bond acceptors (Lipinski definition) is 7. The second kappa shape index (κ2) is 5.54. The number of imide groups is 1. The highest BCUT2D eigenvalue weighted by Crippen LogP contribution is 2.25. The minimum Gasteiger partial charge on any atom is -0.320 e. The number of nitrogens with one attached hydrogen (secondary N) is 2. The number of piperazine rings is 1. The van der Waals surface area contributed by atoms with Gasteiger partial charge in [-0.3, -0.25) is 35.7 Å². The van der Waals surface area contributed by atoms with Crippen LogP contribution in [0.25, 0.3) is 0 Å². The maximum absolute atomic E-state index is 12.2. The van der Waals surface area contributed by atoms with E-state index in [0.717, 1.165) is 11.0 Å². The largest absolute Gasteiger partial charge is 0.320 e. The Morgan fingerprint density at radius 3 is 2.48 bits per heavy atom. The van der Waals surface area contributed by atoms with Crippen LogP contribution in [0.5, 0.6) is 0 Å². The topological polar surface area (TPSA) is 148 Å². The van der Waals surface area contributed by atoms with Crippen LogP contribution in [0.15, 0.2) is 18.2 Å². The molecule has 0 atom stereocenters. The fourth-order valence-corrected chi connectivity index (χ4v) is 1.91. The van der Waals surface area contributed by atoms with Crippen LogP contribution in [0, 0.1) is 10.1 Å². The van der Waals surface area contributed by atoms with Crippen molar-refractivity contribution in [3.05, 3.63) is 33.9 Å². The zero-order valence-electron chi connectivity index (χ0n) is 10.7. The van der Waals surface area contributed by atoms with Gasteiger partial charge in [0.15, 0.2) is 0 Å². The summed E-state index contributed by atoms with van der Waals surface area (Å²) in [4.78, 5) is 45.8. The van der Waals surface area contributed by atoms with Gasteiger partial charge in [0, 0.05) is 11.6 Å². The van der Waals surface area contributed by atoms with Crippen molar-refractivity contribution in [1.82, 2.24) is 10.2 Å². The molecule has 2 rings (SSSR count). The zero-order chi connectivity index (χ0) is 15.6. The third kappa shape index (κ3) is 2.95. The summed E-state index contributed by atoms with van der Waals surface area (Å²) in [5.74, 6) is 3.42. The number of hydrogen-bond donors (Lipinski definition) is 3. The van der Waals surface area contributed by atoms with Crippen LogP contribution in [0.3, 0.4) is 0 Å². The Hall–Kier alpha value is -3.01. The van der Waals surface area contributed by atoms with Crippen LogP contribution < -0.4 is 16.6 Å². The molecule has 4 N–H and O–H groups in total. The van der Waals surface area contributed by atoms with Gasteiger partial charge in [-0.1, -0.05) is 0 Å². The average Bonchev–Trinajstić information content (AvgIpc) is 2.44. The highest BCUT2D eigenvalue weighted by atomic mass is 16.6. The lowest BCUT2D eigenvalue weighted by molar-refractivity contribution is -0.384. The number of carbonyl (C=O) groups excluding carboxylic acids is 3. The molecule has 0 aromatic heterocycles. The predicted molar refractivity (Wildman–Crippen MR) is 70.0 cm³/mol. The van der Waals surface area contributed by atoms with E-state index in [-0.39, 0.29) is 30.0 Å². The number of benzene rings is 1. The van der Waals surface area contributed by atoms with Gasteiger partial charge in [0.2, 0.25) is 11.8 Å². The van der Waals surface area contributed by atoms with Gasteiger partial charge in [-0.05, 0) is 12.1 Å². The molecule has 0 bridgehead atoms. The van der Waals surface area contributed by atoms with Crippen molar-refractivity contribution >= 4 is 29.1 Å². The number of amides is 3. The van der Waals surface area contributed by atoms with Gasteiger partial charge in [0.05, 0.1) is 4.92 Å². The summed E-state index contributed by atoms with van der Waals surface area (Å²) in [5, 5.41) is 12.8. The van der Waals surface area contributed by atoms with Crippen LogP contribution in [0.1, 0.15) is 10.4 Å². The molecule has 1 heterocycles. The first kappa shape index (κ1) is 14.4. The minimum atomic E-state index is -0.651. The van der Waals surface area contributed by atoms with Gasteiger partial charge >= 0.3 is 0 Å². The number of anilines is 1. The molecule has 1 aliphatic rings. The summed E-state index contributed by atoms with van der Waals surface area (Å²) in [6, 6.07) is 3.55. The lowest BCUT2D eigenvalue weighted by Gasteiger charge is -2.25. The van der Waals surface area contributed by atoms with E-state index in [1.807, 2.05) is 0 Å². The van der Waals surface area contributed by atoms with Crippen molar-refractivity contribution in [3.8, 4) is 0 Å². The molecule has 110 valence electrons. The SMILES string of the molecule is NNc1cc(C(=O)N2CC(=O)NC(=O)C2)ccc1[N+](=O)[O-]. The molecule has 0 aliphatic carbocycles. The molecule has 0 radical (unpaired) electrons. The number of nitrogens with two attached hydrogens (primary N) is 1. The van der Waals surface area contributed by atoms with E-state index in [0.29, 0.717) is 0 Å². The van der Waals surface area contributed by atoms with E-state index in [1.165, 1.54) is 12.1 Å². The Labute approximate surface area is 118 Å². The van der Waals surface area contributed by atoms with Gasteiger partial charge in [-0.2, -0.15) is 0 Å². The molecule has 1 saturated heterocycles. The van der Waals surface area contributed by atoms with E-state index < -0.39 is 22.6 Å². The molecule has 0 spiro atoms. The van der Waals surface area contributed by atoms with Crippen LogP contribution in [-0.2, 0) is 9.59 Å². The molecule has 1 aromatic carbocycles. The highest BCUT2D eigenvalue weighted by molar-refractivity contribution is 6.06. The predicted octanol–water partition coefficient (Wildman–Crippen LogP) is -1.02. The molecule has 10 nitrogen and oxygen atoms in total. The first-order valence-electron chi connectivity index (χ1n) is 5.79. The Morgan fingerprint density at radius 2 is 1.95 bits per heavy atom. The van der Waals surface area contributed by atoms with Gasteiger partial charge < -0.3 is 10.3 Å². The molecule has 3 amide bonds. The highest BCUT2D eigenvalue weighted by Gasteiger charge is 2.28. The molecule has 0 saturated carbocycles. The number of nitro groups is 1. The Kier molecular flexibility index (Phi) is 3.80. The van der Waals surface area contributed by atoms with E-state index in [2.05, 4.69) is 10.7 Å². The fourth-order valence-electron chi connectivity index (χ4n) is 1.91. The summed E-state index contributed by atoms with van der Waals surface area (Å²) < 4.78 is 0. The first-order chi connectivity index (χ1) is 9.92. The van der Waals surface area contributed by atoms with E-state index >= 15 is 0 Å². The van der Waals surface area contributed by atoms with Crippen LogP contribution in [0.4, 0.5) is 11.4 Å². The number of hydrazine groups is 1. The normalized spacial score (nSPS) is 14.6. The fraction of sp³-hybridized carbons (Fsp3) is 0.182. The van der Waals surface area contributed by atoms with Gasteiger partial charge in [-0.25, -0.2) is 0 Å². The maximum Gasteiger partial charge on any atom is 0.293 e. The van der Waals surface area contributed by atoms with Gasteiger partial charge in [0.25, 0.3) is 11.6 Å². The molecular weight excluding hydrogens is 282 g/mol. The van der Waals surface area contributed by atoms with Crippen molar-refractivity contribution in [3.63, 3.8) is 0 Å². The monoisotopic (exact) mass is 293 g/mol. The molecule has 1 aromatic rings. The zero-order valence-corrected chi connectivity index (χ0v) is 10.7. The second-order valence-electron chi connectivity index (χ2n) is 4.27. The number of carbonyl (C=O) groups is 3. The van der Waals surface area contributed by atoms with Crippen LogP contribution >= 0.6 is 0 Å². The third-order valence-corrected chi connectivity index (χ3v) is 2.83. The summed E-state index contributed by atoms with van der Waals surface area (Å²) in [7, 11) is 0. The van der Waals surface area contributed by atoms with Crippen LogP contribution in [-0.4, -0.2) is 40.6 Å². The maximum atomic E-state index is 12.2. The van der Waals surface area contributed by atoms with Gasteiger partial charge in [-0.15, -0.1) is 0 Å². The number of rotatable bonds is 3. The molecule has 21 heavy (non-hydrogen) atoms. The Morgan fingerprint density at radius 1 is 1.33 bits per heavy atom. The smallest absolute Gasteiger partial charge is 0.293 e. The van der Waals surface area contributed by atoms with E-state index in [9.17, 15) is 24.5 Å². The summed E-state index contributed by atoms with van der Waals surface area (Å²) >= 11 is 0. The standard InChI is InChI=1S/C11H11N5O5/c12-14-7-3-6(1-2-8(7)16(20)21)11(19)15-4-9(17)13-10(18)5-15/h1-3,14H,4-5,12H2,(H,13,17,18). The quantitative estimate of drug-likeness (QED) is 0.279. The first-order valence-corrected chi connectivity index (χ1v) is 5.79.